The fraction of sp³-hybridized carbons (Fsp3) is 0.0667. The first-order valence-corrected chi connectivity index (χ1v) is 7.33. The maximum atomic E-state index is 11.5. The molecule has 0 atom stereocenters. The van der Waals surface area contributed by atoms with Crippen molar-refractivity contribution >= 4 is 21.9 Å². The molecule has 108 valence electrons. The van der Waals surface area contributed by atoms with Crippen molar-refractivity contribution in [3.63, 3.8) is 0 Å². The summed E-state index contributed by atoms with van der Waals surface area (Å²) in [5.74, 6) is -1.05. The van der Waals surface area contributed by atoms with Crippen LogP contribution in [-0.2, 0) is 6.42 Å². The zero-order valence-corrected chi connectivity index (χ0v) is 12.8. The van der Waals surface area contributed by atoms with Crippen molar-refractivity contribution in [2.45, 2.75) is 6.42 Å². The number of halogens is 1. The number of hydrogen-bond acceptors (Lipinski definition) is 4. The van der Waals surface area contributed by atoms with E-state index in [-0.39, 0.29) is 5.69 Å². The summed E-state index contributed by atoms with van der Waals surface area (Å²) in [6.07, 6.45) is 5.18. The Morgan fingerprint density at radius 1 is 1.32 bits per heavy atom. The highest BCUT2D eigenvalue weighted by Gasteiger charge is 2.25. The number of aromatic carboxylic acids is 1. The molecule has 0 fully saturated rings. The Bertz CT molecular complexity index is 920. The highest BCUT2D eigenvalue weighted by Crippen LogP contribution is 2.36. The van der Waals surface area contributed by atoms with Crippen LogP contribution in [0.5, 0.6) is 0 Å². The van der Waals surface area contributed by atoms with Gasteiger partial charge in [0.1, 0.15) is 6.33 Å². The van der Waals surface area contributed by atoms with Crippen LogP contribution in [0.4, 0.5) is 0 Å². The molecule has 3 aromatic rings. The Kier molecular flexibility index (Phi) is 2.83. The van der Waals surface area contributed by atoms with Gasteiger partial charge in [-0.2, -0.15) is 0 Å². The monoisotopic (exact) mass is 356 g/mol. The Morgan fingerprint density at radius 2 is 2.18 bits per heavy atom. The molecule has 1 N–H and O–H groups in total. The van der Waals surface area contributed by atoms with Crippen LogP contribution in [0.25, 0.3) is 16.9 Å². The van der Waals surface area contributed by atoms with Crippen molar-refractivity contribution < 1.29 is 9.90 Å². The number of carboxylic acid groups (broad SMARTS) is 1. The van der Waals surface area contributed by atoms with Gasteiger partial charge in [0, 0.05) is 33.9 Å². The third-order valence-corrected chi connectivity index (χ3v) is 4.19. The Balaban J connectivity index is 2.12. The van der Waals surface area contributed by atoms with Crippen LogP contribution < -0.4 is 0 Å². The number of nitrogens with zero attached hydrogens (tertiary/aromatic N) is 4. The molecule has 6 nitrogen and oxygen atoms in total. The molecule has 0 radical (unpaired) electrons. The minimum absolute atomic E-state index is 0.0357. The smallest absolute Gasteiger partial charge is 0.354 e. The number of carboxylic acids is 1. The number of fused-ring (bicyclic) bond motifs is 5. The van der Waals surface area contributed by atoms with E-state index in [4.69, 9.17) is 0 Å². The number of hydrogen-bond donors (Lipinski definition) is 1. The number of imidazole rings is 1. The highest BCUT2D eigenvalue weighted by atomic mass is 79.9. The van der Waals surface area contributed by atoms with Crippen LogP contribution in [-0.4, -0.2) is 30.6 Å². The molecule has 0 unspecified atom stereocenters. The van der Waals surface area contributed by atoms with E-state index < -0.39 is 5.97 Å². The fourth-order valence-electron chi connectivity index (χ4n) is 2.75. The van der Waals surface area contributed by atoms with Crippen molar-refractivity contribution in [3.8, 4) is 16.9 Å². The van der Waals surface area contributed by atoms with E-state index in [0.29, 0.717) is 17.7 Å². The van der Waals surface area contributed by atoms with E-state index in [1.54, 1.807) is 12.5 Å². The van der Waals surface area contributed by atoms with Crippen molar-refractivity contribution in [3.05, 3.63) is 58.5 Å². The first kappa shape index (κ1) is 13.1. The average molecular weight is 357 g/mol. The Labute approximate surface area is 133 Å². The van der Waals surface area contributed by atoms with Gasteiger partial charge < -0.3 is 9.67 Å². The zero-order valence-electron chi connectivity index (χ0n) is 11.2. The molecule has 0 saturated carbocycles. The quantitative estimate of drug-likeness (QED) is 0.567. The lowest BCUT2D eigenvalue weighted by molar-refractivity contribution is 0.0689. The maximum Gasteiger partial charge on any atom is 0.354 e. The fourth-order valence-corrected chi connectivity index (χ4v) is 3.10. The first-order valence-electron chi connectivity index (χ1n) is 6.54. The van der Waals surface area contributed by atoms with Crippen molar-refractivity contribution in [2.75, 3.05) is 0 Å². The van der Waals surface area contributed by atoms with Crippen LogP contribution in [0.1, 0.15) is 21.7 Å². The summed E-state index contributed by atoms with van der Waals surface area (Å²) in [6, 6.07) is 5.80. The molecule has 0 saturated heterocycles. The number of carbonyl (C=O) groups is 1. The van der Waals surface area contributed by atoms with Gasteiger partial charge in [-0.25, -0.2) is 19.7 Å². The summed E-state index contributed by atoms with van der Waals surface area (Å²) in [5, 5.41) is 9.40. The molecule has 1 aromatic carbocycles. The molecule has 0 spiro atoms. The highest BCUT2D eigenvalue weighted by molar-refractivity contribution is 9.10. The van der Waals surface area contributed by atoms with Crippen LogP contribution in [0.2, 0.25) is 0 Å². The lowest BCUT2D eigenvalue weighted by atomic mass is 10.0. The summed E-state index contributed by atoms with van der Waals surface area (Å²) in [5.41, 5.74) is 3.97. The normalized spacial score (nSPS) is 12.0. The molecule has 0 bridgehead atoms. The van der Waals surface area contributed by atoms with Gasteiger partial charge in [-0.3, -0.25) is 0 Å². The standard InChI is InChI=1S/C15H9BrN4O2/c16-8-1-2-10-12(3-8)20-7-17-5-9(20)4-11-13(10)18-6-19-14(11)15(21)22/h1-3,5-7H,4H2,(H,21,22). The van der Waals surface area contributed by atoms with E-state index in [1.807, 2.05) is 22.8 Å². The van der Waals surface area contributed by atoms with Gasteiger partial charge in [0.25, 0.3) is 0 Å². The molecule has 2 aromatic heterocycles. The summed E-state index contributed by atoms with van der Waals surface area (Å²) < 4.78 is 2.88. The first-order chi connectivity index (χ1) is 10.6. The largest absolute Gasteiger partial charge is 0.476 e. The van der Waals surface area contributed by atoms with E-state index in [2.05, 4.69) is 30.9 Å². The minimum Gasteiger partial charge on any atom is -0.476 e. The molecular weight excluding hydrogens is 348 g/mol. The lowest BCUT2D eigenvalue weighted by Gasteiger charge is -2.10. The third kappa shape index (κ3) is 1.86. The van der Waals surface area contributed by atoms with Gasteiger partial charge in [0.05, 0.1) is 17.7 Å². The van der Waals surface area contributed by atoms with Crippen LogP contribution in [0.15, 0.2) is 41.5 Å². The zero-order chi connectivity index (χ0) is 15.3. The van der Waals surface area contributed by atoms with Gasteiger partial charge in [0.2, 0.25) is 0 Å². The molecule has 4 rings (SSSR count). The van der Waals surface area contributed by atoms with E-state index >= 15 is 0 Å². The van der Waals surface area contributed by atoms with E-state index in [1.165, 1.54) is 6.33 Å². The number of benzene rings is 1. The number of rotatable bonds is 1. The van der Waals surface area contributed by atoms with Crippen molar-refractivity contribution in [2.24, 2.45) is 0 Å². The third-order valence-electron chi connectivity index (χ3n) is 3.70. The van der Waals surface area contributed by atoms with Crippen molar-refractivity contribution in [1.82, 2.24) is 19.5 Å². The van der Waals surface area contributed by atoms with Gasteiger partial charge >= 0.3 is 5.97 Å². The van der Waals surface area contributed by atoms with E-state index in [0.717, 1.165) is 21.4 Å². The summed E-state index contributed by atoms with van der Waals surface area (Å²) in [6.45, 7) is 0. The Hall–Kier alpha value is -2.54. The predicted molar refractivity (Wildman–Crippen MR) is 82.1 cm³/mol. The molecular formula is C15H9BrN4O2. The van der Waals surface area contributed by atoms with Crippen molar-refractivity contribution in [1.29, 1.82) is 0 Å². The van der Waals surface area contributed by atoms with Crippen LogP contribution in [0, 0.1) is 0 Å². The SMILES string of the molecule is O=C(O)c1ncnc2c1Cc1cncn1-c1cc(Br)ccc1-2. The molecule has 3 heterocycles. The van der Waals surface area contributed by atoms with Gasteiger partial charge in [-0.05, 0) is 18.2 Å². The second-order valence-electron chi connectivity index (χ2n) is 4.95. The van der Waals surface area contributed by atoms with Crippen LogP contribution in [0.3, 0.4) is 0 Å². The Morgan fingerprint density at radius 3 is 3.00 bits per heavy atom. The summed E-state index contributed by atoms with van der Waals surface area (Å²) in [4.78, 5) is 23.9. The number of aromatic nitrogens is 4. The van der Waals surface area contributed by atoms with Crippen LogP contribution >= 0.6 is 15.9 Å². The molecule has 1 aliphatic heterocycles. The summed E-state index contributed by atoms with van der Waals surface area (Å²) >= 11 is 3.47. The predicted octanol–water partition coefficient (Wildman–Crippen LogP) is 2.69. The average Bonchev–Trinajstić information content (AvgIpc) is 2.91. The molecule has 0 aliphatic carbocycles. The molecule has 7 heteroatoms. The summed E-state index contributed by atoms with van der Waals surface area (Å²) in [7, 11) is 0. The van der Waals surface area contributed by atoms with Gasteiger partial charge in [-0.1, -0.05) is 15.9 Å². The van der Waals surface area contributed by atoms with Gasteiger partial charge in [0.15, 0.2) is 5.69 Å². The molecule has 1 aliphatic rings. The lowest BCUT2D eigenvalue weighted by Crippen LogP contribution is -2.08. The molecule has 0 amide bonds. The topological polar surface area (TPSA) is 80.9 Å². The maximum absolute atomic E-state index is 11.5. The minimum atomic E-state index is -1.05. The van der Waals surface area contributed by atoms with E-state index in [9.17, 15) is 9.90 Å². The second-order valence-corrected chi connectivity index (χ2v) is 5.86. The van der Waals surface area contributed by atoms with Gasteiger partial charge in [-0.15, -0.1) is 0 Å². The second kappa shape index (κ2) is 4.74. The molecule has 22 heavy (non-hydrogen) atoms.